The zero-order chi connectivity index (χ0) is 18.4. The maximum atomic E-state index is 12.1. The molecule has 7 heteroatoms. The number of benzene rings is 2. The average molecular weight is 346 g/mol. The maximum absolute atomic E-state index is 12.1. The van der Waals surface area contributed by atoms with Gasteiger partial charge in [-0.15, -0.1) is 0 Å². The smallest absolute Gasteiger partial charge is 0.288 e. The number of para-hydroxylation sites is 2. The molecule has 0 bridgehead atoms. The van der Waals surface area contributed by atoms with Crippen LogP contribution < -0.4 is 15.6 Å². The Morgan fingerprint density at radius 2 is 1.77 bits per heavy atom. The number of nitrogens with one attached hydrogen (secondary N) is 2. The summed E-state index contributed by atoms with van der Waals surface area (Å²) in [6, 6.07) is 19.3. The van der Waals surface area contributed by atoms with Crippen molar-refractivity contribution in [2.75, 3.05) is 6.61 Å². The van der Waals surface area contributed by atoms with Gasteiger partial charge in [-0.05, 0) is 24.3 Å². The number of hydrogen-bond acceptors (Lipinski definition) is 5. The SMILES string of the molecule is N#Cc1ccccc1OCC(=O)NNC(=O)c1ccc2ccccc2n1. The molecule has 2 N–H and O–H groups in total. The third kappa shape index (κ3) is 3.94. The maximum Gasteiger partial charge on any atom is 0.288 e. The largest absolute Gasteiger partial charge is 0.482 e. The van der Waals surface area contributed by atoms with Gasteiger partial charge in [0.2, 0.25) is 0 Å². The van der Waals surface area contributed by atoms with Crippen molar-refractivity contribution in [2.45, 2.75) is 0 Å². The molecule has 0 aliphatic carbocycles. The Labute approximate surface area is 149 Å². The monoisotopic (exact) mass is 346 g/mol. The number of fused-ring (bicyclic) bond motifs is 1. The highest BCUT2D eigenvalue weighted by atomic mass is 16.5. The fourth-order valence-electron chi connectivity index (χ4n) is 2.25. The van der Waals surface area contributed by atoms with Crippen molar-refractivity contribution in [2.24, 2.45) is 0 Å². The van der Waals surface area contributed by atoms with Crippen LogP contribution in [0.3, 0.4) is 0 Å². The molecule has 2 aromatic carbocycles. The summed E-state index contributed by atoms with van der Waals surface area (Å²) < 4.78 is 5.28. The van der Waals surface area contributed by atoms with Gasteiger partial charge in [0.15, 0.2) is 6.61 Å². The third-order valence-corrected chi connectivity index (χ3v) is 3.51. The lowest BCUT2D eigenvalue weighted by molar-refractivity contribution is -0.123. The molecular formula is C19H14N4O3. The van der Waals surface area contributed by atoms with Crippen LogP contribution in [0, 0.1) is 11.3 Å². The van der Waals surface area contributed by atoms with E-state index in [-0.39, 0.29) is 12.3 Å². The van der Waals surface area contributed by atoms with E-state index in [4.69, 9.17) is 10.00 Å². The zero-order valence-electron chi connectivity index (χ0n) is 13.6. The minimum atomic E-state index is -0.563. The molecule has 7 nitrogen and oxygen atoms in total. The number of carbonyl (C=O) groups excluding carboxylic acids is 2. The second-order valence-electron chi connectivity index (χ2n) is 5.29. The molecule has 0 saturated heterocycles. The molecule has 1 heterocycles. The van der Waals surface area contributed by atoms with Crippen molar-refractivity contribution in [3.8, 4) is 11.8 Å². The molecule has 0 radical (unpaired) electrons. The number of aromatic nitrogens is 1. The summed E-state index contributed by atoms with van der Waals surface area (Å²) in [5.74, 6) is -0.805. The van der Waals surface area contributed by atoms with E-state index in [2.05, 4.69) is 15.8 Å². The minimum absolute atomic E-state index is 0.180. The lowest BCUT2D eigenvalue weighted by atomic mass is 10.2. The van der Waals surface area contributed by atoms with Gasteiger partial charge >= 0.3 is 0 Å². The first-order valence-electron chi connectivity index (χ1n) is 7.74. The van der Waals surface area contributed by atoms with Crippen molar-refractivity contribution >= 4 is 22.7 Å². The van der Waals surface area contributed by atoms with Crippen molar-refractivity contribution in [3.05, 3.63) is 71.9 Å². The first-order chi connectivity index (χ1) is 12.7. The summed E-state index contributed by atoms with van der Waals surface area (Å²) >= 11 is 0. The first kappa shape index (κ1) is 16.9. The van der Waals surface area contributed by atoms with Crippen LogP contribution in [0.4, 0.5) is 0 Å². The molecule has 0 atom stereocenters. The highest BCUT2D eigenvalue weighted by Gasteiger charge is 2.10. The number of nitrogens with zero attached hydrogens (tertiary/aromatic N) is 2. The van der Waals surface area contributed by atoms with Gasteiger partial charge in [-0.2, -0.15) is 5.26 Å². The van der Waals surface area contributed by atoms with Gasteiger partial charge in [-0.1, -0.05) is 36.4 Å². The van der Waals surface area contributed by atoms with Crippen LogP contribution >= 0.6 is 0 Å². The Morgan fingerprint density at radius 3 is 2.62 bits per heavy atom. The molecule has 0 aliphatic heterocycles. The van der Waals surface area contributed by atoms with Crippen LogP contribution in [0.25, 0.3) is 10.9 Å². The van der Waals surface area contributed by atoms with Gasteiger partial charge in [-0.25, -0.2) is 4.98 Å². The van der Waals surface area contributed by atoms with Crippen molar-refractivity contribution in [3.63, 3.8) is 0 Å². The molecule has 0 aliphatic rings. The normalized spacial score (nSPS) is 9.96. The van der Waals surface area contributed by atoms with E-state index in [1.165, 1.54) is 0 Å². The second kappa shape index (κ2) is 7.77. The Kier molecular flexibility index (Phi) is 5.05. The van der Waals surface area contributed by atoms with E-state index >= 15 is 0 Å². The third-order valence-electron chi connectivity index (χ3n) is 3.51. The Bertz CT molecular complexity index is 1010. The second-order valence-corrected chi connectivity index (χ2v) is 5.29. The zero-order valence-corrected chi connectivity index (χ0v) is 13.6. The highest BCUT2D eigenvalue weighted by Crippen LogP contribution is 2.16. The van der Waals surface area contributed by atoms with E-state index in [1.54, 1.807) is 42.5 Å². The van der Waals surface area contributed by atoms with E-state index in [0.717, 1.165) is 5.39 Å². The van der Waals surface area contributed by atoms with Crippen LogP contribution in [-0.2, 0) is 4.79 Å². The van der Waals surface area contributed by atoms with E-state index in [0.29, 0.717) is 16.8 Å². The standard InChI is InChI=1S/C19H14N4O3/c20-11-14-6-2-4-8-17(14)26-12-18(24)22-23-19(25)16-10-9-13-5-1-3-7-15(13)21-16/h1-10H,12H2,(H,22,24)(H,23,25). The lowest BCUT2D eigenvalue weighted by Crippen LogP contribution is -2.44. The molecule has 3 rings (SSSR count). The lowest BCUT2D eigenvalue weighted by Gasteiger charge is -2.09. The molecular weight excluding hydrogens is 332 g/mol. The average Bonchev–Trinajstić information content (AvgIpc) is 2.70. The van der Waals surface area contributed by atoms with Crippen LogP contribution in [0.15, 0.2) is 60.7 Å². The van der Waals surface area contributed by atoms with Gasteiger partial charge in [0, 0.05) is 5.39 Å². The molecule has 2 amide bonds. The summed E-state index contributed by atoms with van der Waals surface area (Å²) in [5.41, 5.74) is 5.72. The Balaban J connectivity index is 1.55. The number of hydrogen-bond donors (Lipinski definition) is 2. The predicted molar refractivity (Wildman–Crippen MR) is 94.0 cm³/mol. The van der Waals surface area contributed by atoms with Gasteiger partial charge in [0.25, 0.3) is 11.8 Å². The summed E-state index contributed by atoms with van der Waals surface area (Å²) in [7, 11) is 0. The quantitative estimate of drug-likeness (QED) is 0.703. The Hall–Kier alpha value is -3.92. The number of pyridine rings is 1. The molecule has 26 heavy (non-hydrogen) atoms. The van der Waals surface area contributed by atoms with E-state index in [9.17, 15) is 9.59 Å². The molecule has 3 aromatic rings. The summed E-state index contributed by atoms with van der Waals surface area (Å²) in [6.07, 6.45) is 0. The van der Waals surface area contributed by atoms with Gasteiger partial charge in [-0.3, -0.25) is 20.4 Å². The van der Waals surface area contributed by atoms with Crippen LogP contribution in [0.1, 0.15) is 16.1 Å². The molecule has 0 unspecified atom stereocenters. The molecule has 0 spiro atoms. The number of carbonyl (C=O) groups is 2. The minimum Gasteiger partial charge on any atom is -0.482 e. The molecule has 0 saturated carbocycles. The first-order valence-corrected chi connectivity index (χ1v) is 7.74. The topological polar surface area (TPSA) is 104 Å². The van der Waals surface area contributed by atoms with Crippen LogP contribution in [-0.4, -0.2) is 23.4 Å². The highest BCUT2D eigenvalue weighted by molar-refractivity contribution is 5.95. The number of amides is 2. The van der Waals surface area contributed by atoms with Gasteiger partial charge < -0.3 is 4.74 Å². The van der Waals surface area contributed by atoms with Crippen molar-refractivity contribution in [1.29, 1.82) is 5.26 Å². The Morgan fingerprint density at radius 1 is 1.00 bits per heavy atom. The van der Waals surface area contributed by atoms with Crippen LogP contribution in [0.5, 0.6) is 5.75 Å². The summed E-state index contributed by atoms with van der Waals surface area (Å²) in [5, 5.41) is 9.88. The summed E-state index contributed by atoms with van der Waals surface area (Å²) in [6.45, 7) is -0.343. The molecule has 0 fully saturated rings. The number of rotatable bonds is 4. The number of ether oxygens (including phenoxy) is 1. The molecule has 1 aromatic heterocycles. The fourth-order valence-corrected chi connectivity index (χ4v) is 2.25. The van der Waals surface area contributed by atoms with Gasteiger partial charge in [0.1, 0.15) is 17.5 Å². The predicted octanol–water partition coefficient (Wildman–Crippen LogP) is 1.95. The number of hydrazine groups is 1. The fraction of sp³-hybridized carbons (Fsp3) is 0.0526. The summed E-state index contributed by atoms with van der Waals surface area (Å²) in [4.78, 5) is 28.1. The van der Waals surface area contributed by atoms with Gasteiger partial charge in [0.05, 0.1) is 11.1 Å². The van der Waals surface area contributed by atoms with Crippen molar-refractivity contribution < 1.29 is 14.3 Å². The molecule has 128 valence electrons. The van der Waals surface area contributed by atoms with Crippen LogP contribution in [0.2, 0.25) is 0 Å². The van der Waals surface area contributed by atoms with E-state index < -0.39 is 11.8 Å². The van der Waals surface area contributed by atoms with Crippen molar-refractivity contribution in [1.82, 2.24) is 15.8 Å². The number of nitriles is 1. The van der Waals surface area contributed by atoms with E-state index in [1.807, 2.05) is 24.3 Å².